The first kappa shape index (κ1) is 50.5. The number of methoxy groups -OCH3 is 1. The van der Waals surface area contributed by atoms with Crippen LogP contribution in [0.3, 0.4) is 0 Å². The third-order valence-corrected chi connectivity index (χ3v) is 12.2. The van der Waals surface area contributed by atoms with E-state index in [0.717, 1.165) is 31.2 Å². The van der Waals surface area contributed by atoms with E-state index in [9.17, 15) is 23.6 Å². The highest BCUT2D eigenvalue weighted by atomic mass is 32.2. The van der Waals surface area contributed by atoms with E-state index >= 15 is 0 Å². The van der Waals surface area contributed by atoms with Gasteiger partial charge < -0.3 is 19.3 Å². The number of nitrogens with one attached hydrogen (secondary N) is 2. The fraction of sp³-hybridized carbons (Fsp3) is 0.551. The fourth-order valence-electron chi connectivity index (χ4n) is 7.99. The quantitative estimate of drug-likeness (QED) is 0.0286. The Hall–Kier alpha value is -5.13. The Kier molecular flexibility index (Phi) is 19.8. The van der Waals surface area contributed by atoms with Gasteiger partial charge in [-0.25, -0.2) is 13.1 Å². The highest BCUT2D eigenvalue weighted by molar-refractivity contribution is 7.92. The number of ether oxygens (including phenoxy) is 3. The molecule has 4 aromatic rings. The molecule has 3 aromatic carbocycles. The standard InChI is InChI=1S/C49H70N6O7S/c1-8-9-10-11-12-13-14-15-16-17-18-19-20-24-29-61-44-34-40(42(56)33-39(44)49(5,6)36-48(2,3)4)54-63(58,59)45-32-37(27-28-43(45)62-31-30-60-7)51-52-46-41(35-50)53-55(47(46)57)38-25-22-21-23-26-38/h21-23,25-28,32-34,53-54,56H,8-20,24,29-31,36H2,1-7H3. The highest BCUT2D eigenvalue weighted by Crippen LogP contribution is 2.45. The van der Waals surface area contributed by atoms with Crippen LogP contribution >= 0.6 is 0 Å². The van der Waals surface area contributed by atoms with Gasteiger partial charge in [-0.1, -0.05) is 143 Å². The summed E-state index contributed by atoms with van der Waals surface area (Å²) >= 11 is 0. The number of benzene rings is 3. The minimum Gasteiger partial charge on any atom is -0.506 e. The van der Waals surface area contributed by atoms with E-state index in [-0.39, 0.29) is 57.8 Å². The molecule has 0 unspecified atom stereocenters. The molecule has 14 heteroatoms. The molecule has 0 spiro atoms. The van der Waals surface area contributed by atoms with Crippen LogP contribution in [0.15, 0.2) is 80.6 Å². The lowest BCUT2D eigenvalue weighted by Gasteiger charge is -2.34. The van der Waals surface area contributed by atoms with Crippen LogP contribution in [0.5, 0.6) is 17.2 Å². The van der Waals surface area contributed by atoms with E-state index in [1.54, 1.807) is 42.5 Å². The predicted octanol–water partition coefficient (Wildman–Crippen LogP) is 12.6. The number of aromatic nitrogens is 2. The average Bonchev–Trinajstić information content (AvgIpc) is 3.56. The van der Waals surface area contributed by atoms with E-state index in [1.807, 2.05) is 6.07 Å². The molecule has 3 N–H and O–H groups in total. The van der Waals surface area contributed by atoms with E-state index < -0.39 is 21.0 Å². The van der Waals surface area contributed by atoms with Crippen molar-refractivity contribution in [2.45, 2.75) is 148 Å². The SMILES string of the molecule is CCCCCCCCCCCCCCCCOc1cc(NS(=O)(=O)c2cc(N=Nc3c(C#N)[nH]n(-c4ccccc4)c3=O)ccc2OCCOC)c(O)cc1C(C)(C)CC(C)(C)C. The van der Waals surface area contributed by atoms with Crippen LogP contribution in [0, 0.1) is 16.7 Å². The number of H-pyrrole nitrogens is 1. The van der Waals surface area contributed by atoms with Crippen molar-refractivity contribution in [3.63, 3.8) is 0 Å². The molecule has 0 aliphatic heterocycles. The Morgan fingerprint density at radius 1 is 0.778 bits per heavy atom. The lowest BCUT2D eigenvalue weighted by atomic mass is 9.72. The first-order chi connectivity index (χ1) is 30.1. The zero-order valence-corrected chi connectivity index (χ0v) is 39.4. The van der Waals surface area contributed by atoms with E-state index in [0.29, 0.717) is 18.0 Å². The third-order valence-electron chi connectivity index (χ3n) is 10.8. The minimum atomic E-state index is -4.46. The number of rotatable bonds is 28. The monoisotopic (exact) mass is 887 g/mol. The lowest BCUT2D eigenvalue weighted by Crippen LogP contribution is -2.26. The summed E-state index contributed by atoms with van der Waals surface area (Å²) in [7, 11) is -2.96. The highest BCUT2D eigenvalue weighted by Gasteiger charge is 2.32. The zero-order chi connectivity index (χ0) is 45.9. The van der Waals surface area contributed by atoms with Gasteiger partial charge in [0.25, 0.3) is 15.6 Å². The Morgan fingerprint density at radius 3 is 1.97 bits per heavy atom. The normalized spacial score (nSPS) is 12.2. The molecule has 0 amide bonds. The molecule has 0 saturated heterocycles. The maximum absolute atomic E-state index is 14.3. The second-order valence-electron chi connectivity index (χ2n) is 18.1. The molecular weight excluding hydrogens is 817 g/mol. The second-order valence-corrected chi connectivity index (χ2v) is 19.8. The van der Waals surface area contributed by atoms with Crippen LogP contribution in [0.1, 0.15) is 149 Å². The van der Waals surface area contributed by atoms with Crippen molar-refractivity contribution in [1.29, 1.82) is 5.26 Å². The molecule has 0 fully saturated rings. The van der Waals surface area contributed by atoms with Gasteiger partial charge in [0, 0.05) is 18.7 Å². The number of hydrogen-bond donors (Lipinski definition) is 3. The molecule has 1 aromatic heterocycles. The first-order valence-electron chi connectivity index (χ1n) is 22.6. The van der Waals surface area contributed by atoms with Gasteiger partial charge in [0.05, 0.1) is 30.3 Å². The summed E-state index contributed by atoms with van der Waals surface area (Å²) in [4.78, 5) is 13.0. The predicted molar refractivity (Wildman–Crippen MR) is 251 cm³/mol. The number of anilines is 1. The Bertz CT molecular complexity index is 2270. The van der Waals surface area contributed by atoms with E-state index in [4.69, 9.17) is 14.2 Å². The maximum Gasteiger partial charge on any atom is 0.300 e. The van der Waals surface area contributed by atoms with Crippen LogP contribution in [0.25, 0.3) is 5.69 Å². The summed E-state index contributed by atoms with van der Waals surface area (Å²) in [6, 6.07) is 17.9. The third kappa shape index (κ3) is 15.9. The molecule has 63 heavy (non-hydrogen) atoms. The molecule has 13 nitrogen and oxygen atoms in total. The average molecular weight is 887 g/mol. The lowest BCUT2D eigenvalue weighted by molar-refractivity contribution is 0.144. The molecule has 0 aliphatic rings. The van der Waals surface area contributed by atoms with Gasteiger partial charge in [0.2, 0.25) is 0 Å². The number of phenols is 1. The van der Waals surface area contributed by atoms with Gasteiger partial charge in [-0.05, 0) is 60.1 Å². The van der Waals surface area contributed by atoms with Gasteiger partial charge in [0.15, 0.2) is 11.4 Å². The van der Waals surface area contributed by atoms with Crippen molar-refractivity contribution in [3.05, 3.63) is 82.3 Å². The van der Waals surface area contributed by atoms with Crippen molar-refractivity contribution in [2.24, 2.45) is 15.6 Å². The molecule has 0 bridgehead atoms. The van der Waals surface area contributed by atoms with Gasteiger partial charge >= 0.3 is 0 Å². The Balaban J connectivity index is 1.53. The van der Waals surface area contributed by atoms with Crippen LogP contribution in [-0.4, -0.2) is 50.2 Å². The maximum atomic E-state index is 14.3. The number of nitriles is 1. The van der Waals surface area contributed by atoms with Crippen LogP contribution in [-0.2, 0) is 20.2 Å². The molecule has 0 saturated carbocycles. The summed E-state index contributed by atoms with van der Waals surface area (Å²) in [6.45, 7) is 13.6. The van der Waals surface area contributed by atoms with E-state index in [2.05, 4.69) is 61.6 Å². The minimum absolute atomic E-state index is 0.000917. The number of aromatic amines is 1. The Morgan fingerprint density at radius 2 is 1.38 bits per heavy atom. The number of aromatic hydroxyl groups is 1. The Labute approximate surface area is 375 Å². The molecule has 0 aliphatic carbocycles. The van der Waals surface area contributed by atoms with Gasteiger partial charge in [-0.15, -0.1) is 5.11 Å². The molecule has 1 heterocycles. The number of azo groups is 1. The largest absolute Gasteiger partial charge is 0.506 e. The number of nitrogens with zero attached hydrogens (tertiary/aromatic N) is 4. The first-order valence-corrected chi connectivity index (χ1v) is 24.1. The van der Waals surface area contributed by atoms with Crippen molar-refractivity contribution in [2.75, 3.05) is 31.7 Å². The number of unbranched alkanes of at least 4 members (excludes halogenated alkanes) is 13. The molecular formula is C49H70N6O7S. The van der Waals surface area contributed by atoms with Crippen LogP contribution in [0.2, 0.25) is 0 Å². The summed E-state index contributed by atoms with van der Waals surface area (Å²) in [5, 5.41) is 32.2. The smallest absolute Gasteiger partial charge is 0.300 e. The number of para-hydroxylation sites is 1. The second kappa shape index (κ2) is 24.6. The molecule has 4 rings (SSSR count). The van der Waals surface area contributed by atoms with Crippen molar-refractivity contribution in [1.82, 2.24) is 9.78 Å². The van der Waals surface area contributed by atoms with Gasteiger partial charge in [-0.2, -0.15) is 10.4 Å². The van der Waals surface area contributed by atoms with E-state index in [1.165, 1.54) is 101 Å². The summed E-state index contributed by atoms with van der Waals surface area (Å²) < 4.78 is 49.7. The van der Waals surface area contributed by atoms with Crippen molar-refractivity contribution in [3.8, 4) is 29.0 Å². The van der Waals surface area contributed by atoms with Crippen molar-refractivity contribution < 1.29 is 27.7 Å². The summed E-state index contributed by atoms with van der Waals surface area (Å²) in [5.41, 5.74) is -0.162. The number of hydrogen-bond acceptors (Lipinski definition) is 10. The number of sulfonamides is 1. The number of phenolic OH excluding ortho intramolecular Hbond substituents is 1. The van der Waals surface area contributed by atoms with Gasteiger partial charge in [0.1, 0.15) is 34.8 Å². The topological polar surface area (TPSA) is 180 Å². The summed E-state index contributed by atoms with van der Waals surface area (Å²) in [6.07, 6.45) is 18.3. The summed E-state index contributed by atoms with van der Waals surface area (Å²) in [5.74, 6) is 0.235. The molecule has 0 radical (unpaired) electrons. The van der Waals surface area contributed by atoms with Crippen molar-refractivity contribution >= 4 is 27.1 Å². The zero-order valence-electron chi connectivity index (χ0n) is 38.6. The van der Waals surface area contributed by atoms with Crippen LogP contribution in [0.4, 0.5) is 17.1 Å². The van der Waals surface area contributed by atoms with Crippen LogP contribution < -0.4 is 19.8 Å². The fourth-order valence-corrected chi connectivity index (χ4v) is 9.22. The molecule has 344 valence electrons. The van der Waals surface area contributed by atoms with Gasteiger partial charge in [-0.3, -0.25) is 14.6 Å². The molecule has 0 atom stereocenters.